The molecule has 9 nitrogen and oxygen atoms in total. The zero-order chi connectivity index (χ0) is 41.4. The van der Waals surface area contributed by atoms with Crippen LogP contribution in [0.2, 0.25) is 0 Å². The van der Waals surface area contributed by atoms with Crippen LogP contribution in [0.1, 0.15) is 187 Å². The summed E-state index contributed by atoms with van der Waals surface area (Å²) in [7, 11) is 5.90. The van der Waals surface area contributed by atoms with Gasteiger partial charge < -0.3 is 33.3 Å². The number of unbranched alkanes of at least 4 members (excludes halogenated alkanes) is 20. The molecule has 2 atom stereocenters. The second-order valence-corrected chi connectivity index (χ2v) is 16.3. The van der Waals surface area contributed by atoms with Crippen molar-refractivity contribution in [2.75, 3.05) is 47.5 Å². The quantitative estimate of drug-likeness (QED) is 0.0198. The molecule has 0 fully saturated rings. The Morgan fingerprint density at radius 1 is 0.554 bits per heavy atom. The topological polar surface area (TPSA) is 111 Å². The van der Waals surface area contributed by atoms with Crippen LogP contribution in [-0.4, -0.2) is 82.3 Å². The molecule has 56 heavy (non-hydrogen) atoms. The van der Waals surface area contributed by atoms with Crippen LogP contribution in [0.3, 0.4) is 0 Å². The molecule has 0 aromatic heterocycles. The van der Waals surface area contributed by atoms with Crippen LogP contribution in [0.25, 0.3) is 0 Å². The van der Waals surface area contributed by atoms with E-state index in [9.17, 15) is 19.5 Å². The van der Waals surface area contributed by atoms with E-state index in [4.69, 9.17) is 18.9 Å². The standard InChI is InChI=1S/C47H85NO8/c1-6-8-10-12-14-16-18-20-22-23-24-26-28-30-32-34-36-38-45(50)56-43(42-55-47(46(51)52)53-40-39-48(3,4)5)41-54-44(49)37-35-33-31-29-27-25-21-19-17-15-13-11-9-7-2/h8,10,14,16,20,22,43,47H,6-7,9,11-13,15,17-19,21,23-42H2,1-5H3/b10-8-,16-14-,22-20-. The lowest BCUT2D eigenvalue weighted by Gasteiger charge is -2.26. The molecular formula is C47H85NO8. The van der Waals surface area contributed by atoms with Gasteiger partial charge in [-0.25, -0.2) is 0 Å². The number of likely N-dealkylation sites (N-methyl/N-ethyl adjacent to an activating group) is 1. The Labute approximate surface area is 343 Å². The maximum absolute atomic E-state index is 12.7. The van der Waals surface area contributed by atoms with Gasteiger partial charge in [0.15, 0.2) is 12.4 Å². The molecule has 326 valence electrons. The summed E-state index contributed by atoms with van der Waals surface area (Å²) in [6.45, 7) is 4.62. The van der Waals surface area contributed by atoms with Crippen LogP contribution in [0.4, 0.5) is 0 Å². The fourth-order valence-corrected chi connectivity index (χ4v) is 6.14. The maximum atomic E-state index is 12.7. The molecule has 0 amide bonds. The molecule has 0 aromatic rings. The molecule has 0 aromatic carbocycles. The number of allylic oxidation sites excluding steroid dienone is 6. The van der Waals surface area contributed by atoms with Crippen molar-refractivity contribution < 1.29 is 42.9 Å². The van der Waals surface area contributed by atoms with Crippen molar-refractivity contribution in [3.63, 3.8) is 0 Å². The Morgan fingerprint density at radius 3 is 1.52 bits per heavy atom. The van der Waals surface area contributed by atoms with Crippen molar-refractivity contribution in [3.8, 4) is 0 Å². The first-order valence-electron chi connectivity index (χ1n) is 22.6. The number of carboxylic acids is 1. The number of esters is 2. The molecule has 0 aliphatic heterocycles. The van der Waals surface area contributed by atoms with Gasteiger partial charge in [-0.05, 0) is 44.9 Å². The lowest BCUT2D eigenvalue weighted by atomic mass is 10.0. The first kappa shape index (κ1) is 53.5. The van der Waals surface area contributed by atoms with E-state index in [1.807, 2.05) is 21.1 Å². The van der Waals surface area contributed by atoms with Crippen molar-refractivity contribution in [3.05, 3.63) is 36.5 Å². The number of nitrogens with zero attached hydrogens (tertiary/aromatic N) is 1. The molecule has 0 aliphatic rings. The van der Waals surface area contributed by atoms with E-state index < -0.39 is 24.3 Å². The van der Waals surface area contributed by atoms with Gasteiger partial charge >= 0.3 is 11.9 Å². The summed E-state index contributed by atoms with van der Waals surface area (Å²) in [4.78, 5) is 37.0. The molecule has 0 spiro atoms. The average molecular weight is 792 g/mol. The first-order valence-corrected chi connectivity index (χ1v) is 22.6. The minimum Gasteiger partial charge on any atom is -0.545 e. The lowest BCUT2D eigenvalue weighted by molar-refractivity contribution is -0.870. The maximum Gasteiger partial charge on any atom is 0.306 e. The fraction of sp³-hybridized carbons (Fsp3) is 0.809. The molecule has 0 N–H and O–H groups in total. The van der Waals surface area contributed by atoms with Crippen LogP contribution in [0.15, 0.2) is 36.5 Å². The van der Waals surface area contributed by atoms with Crippen molar-refractivity contribution in [2.24, 2.45) is 0 Å². The highest BCUT2D eigenvalue weighted by atomic mass is 16.7. The molecule has 0 radical (unpaired) electrons. The number of quaternary nitrogens is 1. The van der Waals surface area contributed by atoms with Gasteiger partial charge in [0.25, 0.3) is 0 Å². The summed E-state index contributed by atoms with van der Waals surface area (Å²) in [6.07, 6.45) is 40.2. The zero-order valence-electron chi connectivity index (χ0n) is 36.8. The average Bonchev–Trinajstić information content (AvgIpc) is 3.15. The molecule has 0 aliphatic carbocycles. The Hall–Kier alpha value is -2.49. The number of hydrogen-bond donors (Lipinski definition) is 0. The van der Waals surface area contributed by atoms with Crippen molar-refractivity contribution >= 4 is 17.9 Å². The van der Waals surface area contributed by atoms with Gasteiger partial charge in [-0.3, -0.25) is 9.59 Å². The van der Waals surface area contributed by atoms with Crippen LogP contribution < -0.4 is 5.11 Å². The monoisotopic (exact) mass is 792 g/mol. The predicted molar refractivity (Wildman–Crippen MR) is 228 cm³/mol. The van der Waals surface area contributed by atoms with E-state index in [1.54, 1.807) is 0 Å². The van der Waals surface area contributed by atoms with Gasteiger partial charge in [-0.15, -0.1) is 0 Å². The fourth-order valence-electron chi connectivity index (χ4n) is 6.14. The van der Waals surface area contributed by atoms with Crippen LogP contribution in [-0.2, 0) is 33.3 Å². The number of carbonyl (C=O) groups excluding carboxylic acids is 3. The largest absolute Gasteiger partial charge is 0.545 e. The molecule has 0 saturated carbocycles. The first-order chi connectivity index (χ1) is 27.1. The minimum atomic E-state index is -1.62. The third kappa shape index (κ3) is 39.7. The van der Waals surface area contributed by atoms with Gasteiger partial charge in [0.2, 0.25) is 0 Å². The van der Waals surface area contributed by atoms with Gasteiger partial charge in [-0.1, -0.05) is 166 Å². The number of rotatable bonds is 41. The summed E-state index contributed by atoms with van der Waals surface area (Å²) >= 11 is 0. The summed E-state index contributed by atoms with van der Waals surface area (Å²) in [5.74, 6) is -2.29. The van der Waals surface area contributed by atoms with Crippen molar-refractivity contribution in [2.45, 2.75) is 200 Å². The molecular weight excluding hydrogens is 707 g/mol. The Morgan fingerprint density at radius 2 is 1.02 bits per heavy atom. The molecule has 9 heteroatoms. The number of carbonyl (C=O) groups is 3. The third-order valence-corrected chi connectivity index (χ3v) is 9.65. The highest BCUT2D eigenvalue weighted by Gasteiger charge is 2.21. The van der Waals surface area contributed by atoms with Crippen molar-refractivity contribution in [1.82, 2.24) is 0 Å². The molecule has 2 unspecified atom stereocenters. The number of carboxylic acid groups (broad SMARTS) is 1. The molecule has 0 heterocycles. The number of aliphatic carboxylic acids is 1. The van der Waals surface area contributed by atoms with E-state index in [-0.39, 0.29) is 32.2 Å². The third-order valence-electron chi connectivity index (χ3n) is 9.65. The SMILES string of the molecule is CC/C=C\C/C=C\C/C=C\CCCCCCCCCC(=O)OC(COC(=O)CCCCCCCCCCCCCCCC)COC(OCC[N+](C)(C)C)C(=O)[O-]. The highest BCUT2D eigenvalue weighted by molar-refractivity contribution is 5.70. The highest BCUT2D eigenvalue weighted by Crippen LogP contribution is 2.15. The van der Waals surface area contributed by atoms with Crippen LogP contribution in [0.5, 0.6) is 0 Å². The van der Waals surface area contributed by atoms with Crippen LogP contribution in [0, 0.1) is 0 Å². The van der Waals surface area contributed by atoms with E-state index in [1.165, 1.54) is 89.9 Å². The Kier molecular flexibility index (Phi) is 37.6. The second kappa shape index (κ2) is 39.3. The van der Waals surface area contributed by atoms with Gasteiger partial charge in [0.1, 0.15) is 13.2 Å². The van der Waals surface area contributed by atoms with Gasteiger partial charge in [0, 0.05) is 12.8 Å². The summed E-state index contributed by atoms with van der Waals surface area (Å²) in [5, 5.41) is 11.7. The smallest absolute Gasteiger partial charge is 0.306 e. The summed E-state index contributed by atoms with van der Waals surface area (Å²) < 4.78 is 22.5. The molecule has 0 bridgehead atoms. The Balaban J connectivity index is 4.44. The van der Waals surface area contributed by atoms with Gasteiger partial charge in [0.05, 0.1) is 40.3 Å². The van der Waals surface area contributed by atoms with E-state index in [0.29, 0.717) is 23.9 Å². The summed E-state index contributed by atoms with van der Waals surface area (Å²) in [6, 6.07) is 0. The normalized spacial score (nSPS) is 13.2. The van der Waals surface area contributed by atoms with Gasteiger partial charge in [-0.2, -0.15) is 0 Å². The Bertz CT molecular complexity index is 1020. The van der Waals surface area contributed by atoms with E-state index >= 15 is 0 Å². The molecule has 0 saturated heterocycles. The zero-order valence-corrected chi connectivity index (χ0v) is 36.8. The second-order valence-electron chi connectivity index (χ2n) is 16.3. The lowest BCUT2D eigenvalue weighted by Crippen LogP contribution is -2.44. The number of ether oxygens (including phenoxy) is 4. The van der Waals surface area contributed by atoms with Crippen LogP contribution >= 0.6 is 0 Å². The molecule has 0 rings (SSSR count). The summed E-state index contributed by atoms with van der Waals surface area (Å²) in [5.41, 5.74) is 0. The van der Waals surface area contributed by atoms with Crippen molar-refractivity contribution in [1.29, 1.82) is 0 Å². The predicted octanol–water partition coefficient (Wildman–Crippen LogP) is 10.5. The minimum absolute atomic E-state index is 0.146. The van der Waals surface area contributed by atoms with E-state index in [2.05, 4.69) is 50.3 Å². The van der Waals surface area contributed by atoms with E-state index in [0.717, 1.165) is 64.2 Å². The number of hydrogen-bond acceptors (Lipinski definition) is 8.